The lowest BCUT2D eigenvalue weighted by atomic mass is 10.1. The normalized spacial score (nSPS) is 14.1. The molecule has 0 unspecified atom stereocenters. The van der Waals surface area contributed by atoms with Crippen LogP contribution < -0.4 is 0 Å². The standard InChI is InChI=1S/C11H11NO/c13-9-12-7-5-10-3-1-2-4-11(10)6-8-12/h1-8,13H,9H2. The molecule has 0 atom stereocenters. The molecule has 0 amide bonds. The Bertz CT molecular complexity index is 322. The van der Waals surface area contributed by atoms with E-state index in [4.69, 9.17) is 5.11 Å². The second-order valence-electron chi connectivity index (χ2n) is 2.92. The summed E-state index contributed by atoms with van der Waals surface area (Å²) >= 11 is 0. The number of rotatable bonds is 1. The molecule has 2 heteroatoms. The van der Waals surface area contributed by atoms with E-state index in [1.807, 2.05) is 36.7 Å². The smallest absolute Gasteiger partial charge is 0.119 e. The van der Waals surface area contributed by atoms with Crippen molar-refractivity contribution in [3.63, 3.8) is 0 Å². The SMILES string of the molecule is OCN1C=Cc2ccccc2C=C1. The van der Waals surface area contributed by atoms with Crippen LogP contribution in [0.15, 0.2) is 36.7 Å². The van der Waals surface area contributed by atoms with Gasteiger partial charge in [-0.1, -0.05) is 24.3 Å². The van der Waals surface area contributed by atoms with E-state index >= 15 is 0 Å². The van der Waals surface area contributed by atoms with Gasteiger partial charge in [0.2, 0.25) is 0 Å². The van der Waals surface area contributed by atoms with Gasteiger partial charge in [0, 0.05) is 12.4 Å². The predicted octanol–water partition coefficient (Wildman–Crippen LogP) is 1.89. The Morgan fingerprint density at radius 1 is 1.00 bits per heavy atom. The van der Waals surface area contributed by atoms with Crippen molar-refractivity contribution in [3.05, 3.63) is 47.8 Å². The van der Waals surface area contributed by atoms with Crippen LogP contribution in [0.4, 0.5) is 0 Å². The van der Waals surface area contributed by atoms with Crippen molar-refractivity contribution in [2.45, 2.75) is 0 Å². The largest absolute Gasteiger partial charge is 0.376 e. The molecule has 1 N–H and O–H groups in total. The lowest BCUT2D eigenvalue weighted by molar-refractivity contribution is 0.192. The Labute approximate surface area is 77.4 Å². The van der Waals surface area contributed by atoms with Crippen LogP contribution >= 0.6 is 0 Å². The van der Waals surface area contributed by atoms with E-state index in [9.17, 15) is 0 Å². The summed E-state index contributed by atoms with van der Waals surface area (Å²) in [6, 6.07) is 8.12. The molecule has 66 valence electrons. The first-order chi connectivity index (χ1) is 6.40. The van der Waals surface area contributed by atoms with Crippen LogP contribution in [-0.2, 0) is 0 Å². The van der Waals surface area contributed by atoms with E-state index in [0.717, 1.165) is 0 Å². The van der Waals surface area contributed by atoms with E-state index in [2.05, 4.69) is 12.1 Å². The number of nitrogens with zero attached hydrogens (tertiary/aromatic N) is 1. The summed E-state index contributed by atoms with van der Waals surface area (Å²) < 4.78 is 0. The average molecular weight is 173 g/mol. The average Bonchev–Trinajstić information content (AvgIpc) is 2.39. The lowest BCUT2D eigenvalue weighted by Gasteiger charge is -2.08. The molecular weight excluding hydrogens is 162 g/mol. The lowest BCUT2D eigenvalue weighted by Crippen LogP contribution is -2.08. The van der Waals surface area contributed by atoms with Gasteiger partial charge in [0.05, 0.1) is 0 Å². The van der Waals surface area contributed by atoms with E-state index in [1.54, 1.807) is 4.90 Å². The molecule has 1 heterocycles. The summed E-state index contributed by atoms with van der Waals surface area (Å²) in [5.74, 6) is 0. The first-order valence-corrected chi connectivity index (χ1v) is 4.22. The van der Waals surface area contributed by atoms with Crippen molar-refractivity contribution in [3.8, 4) is 0 Å². The number of fused-ring (bicyclic) bond motifs is 1. The van der Waals surface area contributed by atoms with Crippen LogP contribution in [-0.4, -0.2) is 16.7 Å². The van der Waals surface area contributed by atoms with Gasteiger partial charge in [-0.15, -0.1) is 0 Å². The molecule has 2 rings (SSSR count). The van der Waals surface area contributed by atoms with Crippen LogP contribution in [0.2, 0.25) is 0 Å². The zero-order chi connectivity index (χ0) is 9.10. The molecular formula is C11H11NO. The van der Waals surface area contributed by atoms with Crippen LogP contribution in [0.1, 0.15) is 11.1 Å². The first-order valence-electron chi connectivity index (χ1n) is 4.22. The van der Waals surface area contributed by atoms with Gasteiger partial charge in [0.15, 0.2) is 0 Å². The second kappa shape index (κ2) is 3.46. The Kier molecular flexibility index (Phi) is 2.15. The van der Waals surface area contributed by atoms with Crippen molar-refractivity contribution in [2.75, 3.05) is 6.73 Å². The van der Waals surface area contributed by atoms with E-state index in [-0.39, 0.29) is 6.73 Å². The highest BCUT2D eigenvalue weighted by Gasteiger charge is 1.99. The zero-order valence-corrected chi connectivity index (χ0v) is 7.22. The third-order valence-electron chi connectivity index (χ3n) is 2.05. The van der Waals surface area contributed by atoms with Crippen LogP contribution in [0.25, 0.3) is 12.2 Å². The minimum Gasteiger partial charge on any atom is -0.376 e. The molecule has 0 fully saturated rings. The zero-order valence-electron chi connectivity index (χ0n) is 7.22. The summed E-state index contributed by atoms with van der Waals surface area (Å²) in [6.45, 7) is 0.0149. The van der Waals surface area contributed by atoms with Gasteiger partial charge in [0.25, 0.3) is 0 Å². The van der Waals surface area contributed by atoms with Gasteiger partial charge in [-0.05, 0) is 23.3 Å². The van der Waals surface area contributed by atoms with E-state index in [0.29, 0.717) is 0 Å². The van der Waals surface area contributed by atoms with Crippen LogP contribution in [0.5, 0.6) is 0 Å². The van der Waals surface area contributed by atoms with Crippen LogP contribution in [0.3, 0.4) is 0 Å². The summed E-state index contributed by atoms with van der Waals surface area (Å²) in [5.41, 5.74) is 2.35. The highest BCUT2D eigenvalue weighted by molar-refractivity contribution is 5.66. The summed E-state index contributed by atoms with van der Waals surface area (Å²) in [5, 5.41) is 8.92. The van der Waals surface area contributed by atoms with Crippen molar-refractivity contribution in [1.29, 1.82) is 0 Å². The molecule has 13 heavy (non-hydrogen) atoms. The fourth-order valence-corrected chi connectivity index (χ4v) is 1.31. The van der Waals surface area contributed by atoms with E-state index in [1.165, 1.54) is 11.1 Å². The Balaban J connectivity index is 2.41. The Morgan fingerprint density at radius 3 is 2.00 bits per heavy atom. The molecule has 0 saturated carbocycles. The van der Waals surface area contributed by atoms with Crippen molar-refractivity contribution in [1.82, 2.24) is 4.90 Å². The number of hydrogen-bond acceptors (Lipinski definition) is 2. The molecule has 1 aromatic carbocycles. The van der Waals surface area contributed by atoms with Crippen LogP contribution in [0, 0.1) is 0 Å². The van der Waals surface area contributed by atoms with E-state index < -0.39 is 0 Å². The minimum atomic E-state index is 0.0149. The molecule has 0 radical (unpaired) electrons. The fourth-order valence-electron chi connectivity index (χ4n) is 1.31. The number of aliphatic hydroxyl groups excluding tert-OH is 1. The topological polar surface area (TPSA) is 23.5 Å². The third kappa shape index (κ3) is 1.63. The van der Waals surface area contributed by atoms with Gasteiger partial charge < -0.3 is 10.0 Å². The summed E-state index contributed by atoms with van der Waals surface area (Å²) in [6.07, 6.45) is 7.71. The maximum absolute atomic E-state index is 8.92. The number of aliphatic hydroxyl groups is 1. The number of hydrogen-bond donors (Lipinski definition) is 1. The molecule has 0 saturated heterocycles. The quantitative estimate of drug-likeness (QED) is 0.701. The Morgan fingerprint density at radius 2 is 1.54 bits per heavy atom. The minimum absolute atomic E-state index is 0.0149. The molecule has 0 spiro atoms. The summed E-state index contributed by atoms with van der Waals surface area (Å²) in [7, 11) is 0. The highest BCUT2D eigenvalue weighted by Crippen LogP contribution is 2.16. The van der Waals surface area contributed by atoms with Crippen molar-refractivity contribution >= 4 is 12.2 Å². The Hall–Kier alpha value is -1.54. The maximum atomic E-state index is 8.92. The number of benzene rings is 1. The van der Waals surface area contributed by atoms with Crippen molar-refractivity contribution < 1.29 is 5.11 Å². The molecule has 0 aromatic heterocycles. The predicted molar refractivity (Wildman–Crippen MR) is 53.4 cm³/mol. The molecule has 2 nitrogen and oxygen atoms in total. The maximum Gasteiger partial charge on any atom is 0.119 e. The molecule has 0 aliphatic carbocycles. The monoisotopic (exact) mass is 173 g/mol. The first kappa shape index (κ1) is 8.08. The molecule has 0 bridgehead atoms. The molecule has 1 aliphatic rings. The summed E-state index contributed by atoms with van der Waals surface area (Å²) in [4.78, 5) is 1.72. The van der Waals surface area contributed by atoms with Gasteiger partial charge in [0.1, 0.15) is 6.73 Å². The fraction of sp³-hybridized carbons (Fsp3) is 0.0909. The van der Waals surface area contributed by atoms with Gasteiger partial charge >= 0.3 is 0 Å². The molecule has 1 aromatic rings. The van der Waals surface area contributed by atoms with Gasteiger partial charge in [-0.2, -0.15) is 0 Å². The highest BCUT2D eigenvalue weighted by atomic mass is 16.3. The van der Waals surface area contributed by atoms with Gasteiger partial charge in [-0.3, -0.25) is 0 Å². The second-order valence-corrected chi connectivity index (χ2v) is 2.92. The van der Waals surface area contributed by atoms with Crippen molar-refractivity contribution in [2.24, 2.45) is 0 Å². The molecule has 1 aliphatic heterocycles. The third-order valence-corrected chi connectivity index (χ3v) is 2.05. The van der Waals surface area contributed by atoms with Gasteiger partial charge in [-0.25, -0.2) is 0 Å².